The molecular formula is C4H7NOS. The fourth-order valence-electron chi connectivity index (χ4n) is 0.484. The first-order valence-electron chi connectivity index (χ1n) is 2.16. The number of amides is 1. The van der Waals surface area contributed by atoms with E-state index in [0.29, 0.717) is 5.25 Å². The third-order valence-corrected chi connectivity index (χ3v) is 2.31. The zero-order valence-corrected chi connectivity index (χ0v) is 4.87. The van der Waals surface area contributed by atoms with E-state index in [1.807, 2.05) is 6.92 Å². The highest BCUT2D eigenvalue weighted by Crippen LogP contribution is 2.39. The molecule has 3 heteroatoms. The van der Waals surface area contributed by atoms with Crippen molar-refractivity contribution >= 4 is 17.7 Å². The zero-order chi connectivity index (χ0) is 5.44. The van der Waals surface area contributed by atoms with Crippen molar-refractivity contribution in [2.24, 2.45) is 5.73 Å². The Labute approximate surface area is 46.5 Å². The van der Waals surface area contributed by atoms with Crippen LogP contribution >= 0.6 is 11.8 Å². The highest BCUT2D eigenvalue weighted by atomic mass is 32.2. The van der Waals surface area contributed by atoms with Gasteiger partial charge >= 0.3 is 0 Å². The molecule has 1 aliphatic rings. The molecule has 0 spiro atoms. The first-order valence-corrected chi connectivity index (χ1v) is 3.11. The summed E-state index contributed by atoms with van der Waals surface area (Å²) in [6.07, 6.45) is 0. The van der Waals surface area contributed by atoms with Crippen molar-refractivity contribution in [1.29, 1.82) is 0 Å². The van der Waals surface area contributed by atoms with Crippen molar-refractivity contribution in [1.82, 2.24) is 0 Å². The van der Waals surface area contributed by atoms with Crippen LogP contribution in [0.15, 0.2) is 0 Å². The largest absolute Gasteiger partial charge is 0.369 e. The summed E-state index contributed by atoms with van der Waals surface area (Å²) in [4.78, 5) is 10.2. The van der Waals surface area contributed by atoms with Crippen molar-refractivity contribution in [2.45, 2.75) is 17.4 Å². The van der Waals surface area contributed by atoms with Crippen LogP contribution in [0.25, 0.3) is 0 Å². The lowest BCUT2D eigenvalue weighted by molar-refractivity contribution is -0.116. The molecule has 1 rings (SSSR count). The molecule has 1 amide bonds. The van der Waals surface area contributed by atoms with E-state index in [1.165, 1.54) is 0 Å². The average molecular weight is 117 g/mol. The smallest absolute Gasteiger partial charge is 0.231 e. The van der Waals surface area contributed by atoms with Crippen LogP contribution in [-0.2, 0) is 4.79 Å². The third-order valence-electron chi connectivity index (χ3n) is 0.991. The van der Waals surface area contributed by atoms with Gasteiger partial charge in [0.15, 0.2) is 0 Å². The Morgan fingerprint density at radius 1 is 1.86 bits per heavy atom. The molecule has 2 nitrogen and oxygen atoms in total. The first kappa shape index (κ1) is 4.97. The van der Waals surface area contributed by atoms with E-state index in [-0.39, 0.29) is 11.2 Å². The monoisotopic (exact) mass is 117 g/mol. The lowest BCUT2D eigenvalue weighted by Crippen LogP contribution is -2.18. The van der Waals surface area contributed by atoms with Gasteiger partial charge in [-0.2, -0.15) is 0 Å². The second-order valence-corrected chi connectivity index (χ2v) is 3.19. The summed E-state index contributed by atoms with van der Waals surface area (Å²) in [7, 11) is 0. The minimum atomic E-state index is -0.169. The lowest BCUT2D eigenvalue weighted by atomic mass is 10.3. The SMILES string of the molecule is C[C@H]1S[C@H]1C(N)=O. The van der Waals surface area contributed by atoms with E-state index in [2.05, 4.69) is 0 Å². The van der Waals surface area contributed by atoms with Gasteiger partial charge in [0.25, 0.3) is 0 Å². The van der Waals surface area contributed by atoms with Gasteiger partial charge < -0.3 is 5.73 Å². The molecule has 7 heavy (non-hydrogen) atoms. The second kappa shape index (κ2) is 1.40. The van der Waals surface area contributed by atoms with E-state index in [1.54, 1.807) is 11.8 Å². The third kappa shape index (κ3) is 0.881. The molecule has 2 N–H and O–H groups in total. The standard InChI is InChI=1S/C4H7NOS/c1-2-3(7-2)4(5)6/h2-3H,1H3,(H2,5,6)/t2-,3-/m1/s1. The Bertz CT molecular complexity index is 104. The van der Waals surface area contributed by atoms with Crippen LogP contribution in [0.5, 0.6) is 0 Å². The summed E-state index contributed by atoms with van der Waals surface area (Å²) in [5, 5.41) is 0.609. The normalized spacial score (nSPS) is 37.9. The molecule has 0 unspecified atom stereocenters. The maximum atomic E-state index is 10.2. The molecule has 1 fully saturated rings. The molecule has 0 aromatic rings. The molecule has 40 valence electrons. The van der Waals surface area contributed by atoms with Crippen LogP contribution in [0.4, 0.5) is 0 Å². The highest BCUT2D eigenvalue weighted by molar-refractivity contribution is 8.08. The molecule has 0 aromatic heterocycles. The van der Waals surface area contributed by atoms with Crippen LogP contribution < -0.4 is 5.73 Å². The number of nitrogens with two attached hydrogens (primary N) is 1. The van der Waals surface area contributed by atoms with Gasteiger partial charge in [0, 0.05) is 5.25 Å². The molecule has 0 aromatic carbocycles. The molecule has 1 aliphatic heterocycles. The maximum Gasteiger partial charge on any atom is 0.231 e. The fourth-order valence-corrected chi connectivity index (χ4v) is 1.12. The number of rotatable bonds is 1. The van der Waals surface area contributed by atoms with E-state index in [4.69, 9.17) is 5.73 Å². The Balaban J connectivity index is 2.33. The van der Waals surface area contributed by atoms with Crippen molar-refractivity contribution in [3.8, 4) is 0 Å². The summed E-state index contributed by atoms with van der Waals surface area (Å²) in [6.45, 7) is 2.00. The molecule has 1 heterocycles. The molecule has 0 radical (unpaired) electrons. The number of hydrogen-bond donors (Lipinski definition) is 1. The van der Waals surface area contributed by atoms with E-state index in [0.717, 1.165) is 0 Å². The first-order chi connectivity index (χ1) is 3.22. The van der Waals surface area contributed by atoms with E-state index < -0.39 is 0 Å². The van der Waals surface area contributed by atoms with Crippen molar-refractivity contribution in [2.75, 3.05) is 0 Å². The predicted octanol–water partition coefficient (Wildman–Crippen LogP) is -0.0244. The van der Waals surface area contributed by atoms with Crippen LogP contribution in [0, 0.1) is 0 Å². The molecule has 0 aliphatic carbocycles. The summed E-state index contributed by atoms with van der Waals surface area (Å²) < 4.78 is 0. The Kier molecular flexibility index (Phi) is 0.995. The number of carbonyl (C=O) groups excluding carboxylic acids is 1. The summed E-state index contributed by atoms with van der Waals surface area (Å²) >= 11 is 1.62. The minimum Gasteiger partial charge on any atom is -0.369 e. The lowest BCUT2D eigenvalue weighted by Gasteiger charge is -1.78. The van der Waals surface area contributed by atoms with Crippen molar-refractivity contribution < 1.29 is 4.79 Å². The van der Waals surface area contributed by atoms with Gasteiger partial charge in [-0.1, -0.05) is 6.92 Å². The van der Waals surface area contributed by atoms with Crippen LogP contribution in [-0.4, -0.2) is 16.4 Å². The van der Waals surface area contributed by atoms with Gasteiger partial charge in [-0.3, -0.25) is 4.79 Å². The highest BCUT2D eigenvalue weighted by Gasteiger charge is 2.38. The maximum absolute atomic E-state index is 10.2. The topological polar surface area (TPSA) is 43.1 Å². The number of carbonyl (C=O) groups is 1. The molecule has 0 saturated carbocycles. The summed E-state index contributed by atoms with van der Waals surface area (Å²) in [5.74, 6) is -0.169. The van der Waals surface area contributed by atoms with Gasteiger partial charge in [-0.15, -0.1) is 11.8 Å². The Morgan fingerprint density at radius 3 is 2.29 bits per heavy atom. The second-order valence-electron chi connectivity index (χ2n) is 1.66. The van der Waals surface area contributed by atoms with Crippen LogP contribution in [0.1, 0.15) is 6.92 Å². The summed E-state index contributed by atoms with van der Waals surface area (Å²) in [5.41, 5.74) is 4.93. The van der Waals surface area contributed by atoms with E-state index in [9.17, 15) is 4.79 Å². The van der Waals surface area contributed by atoms with Gasteiger partial charge in [0.1, 0.15) is 0 Å². The molecule has 0 bridgehead atoms. The van der Waals surface area contributed by atoms with Crippen molar-refractivity contribution in [3.05, 3.63) is 0 Å². The number of thioether (sulfide) groups is 1. The molecule has 2 atom stereocenters. The Hall–Kier alpha value is -0.180. The minimum absolute atomic E-state index is 0.125. The predicted molar refractivity (Wildman–Crippen MR) is 30.0 cm³/mol. The quantitative estimate of drug-likeness (QED) is 0.490. The van der Waals surface area contributed by atoms with E-state index >= 15 is 0 Å². The fraction of sp³-hybridized carbons (Fsp3) is 0.750. The molecule has 1 saturated heterocycles. The van der Waals surface area contributed by atoms with Gasteiger partial charge in [0.2, 0.25) is 5.91 Å². The molecular weight excluding hydrogens is 110 g/mol. The number of primary amides is 1. The average Bonchev–Trinajstić information content (AvgIpc) is 2.17. The Morgan fingerprint density at radius 2 is 2.29 bits per heavy atom. The van der Waals surface area contributed by atoms with Crippen LogP contribution in [0.2, 0.25) is 0 Å². The van der Waals surface area contributed by atoms with Crippen LogP contribution in [0.3, 0.4) is 0 Å². The number of hydrogen-bond acceptors (Lipinski definition) is 2. The van der Waals surface area contributed by atoms with Gasteiger partial charge in [-0.05, 0) is 0 Å². The summed E-state index contributed by atoms with van der Waals surface area (Å²) in [6, 6.07) is 0. The zero-order valence-electron chi connectivity index (χ0n) is 4.05. The van der Waals surface area contributed by atoms with Gasteiger partial charge in [-0.25, -0.2) is 0 Å². The van der Waals surface area contributed by atoms with Crippen molar-refractivity contribution in [3.63, 3.8) is 0 Å². The van der Waals surface area contributed by atoms with Gasteiger partial charge in [0.05, 0.1) is 5.25 Å².